The van der Waals surface area contributed by atoms with Gasteiger partial charge in [0.1, 0.15) is 6.61 Å². The molecule has 0 radical (unpaired) electrons. The maximum Gasteiger partial charge on any atom is 0.248 e. The first-order valence-electron chi connectivity index (χ1n) is 7.75. The largest absolute Gasteiger partial charge is 0.365 e. The molecule has 0 unspecified atom stereocenters. The zero-order chi connectivity index (χ0) is 16.8. The second-order valence-electron chi connectivity index (χ2n) is 5.85. The van der Waals surface area contributed by atoms with Crippen LogP contribution in [0, 0.1) is 0 Å². The Hall–Kier alpha value is -1.93. The number of nitrogens with zero attached hydrogens (tertiary/aromatic N) is 4. The number of hydrogen-bond acceptors (Lipinski definition) is 5. The van der Waals surface area contributed by atoms with Gasteiger partial charge < -0.3 is 19.5 Å². The van der Waals surface area contributed by atoms with Crippen molar-refractivity contribution >= 4 is 11.8 Å². The third kappa shape index (κ3) is 4.77. The van der Waals surface area contributed by atoms with Gasteiger partial charge in [-0.05, 0) is 6.42 Å². The van der Waals surface area contributed by atoms with Gasteiger partial charge in [0, 0.05) is 40.8 Å². The molecular weight excluding hydrogens is 298 g/mol. The number of ether oxygens (including phenoxy) is 1. The fourth-order valence-corrected chi connectivity index (χ4v) is 2.48. The lowest BCUT2D eigenvalue weighted by molar-refractivity contribution is -0.134. The Balaban J connectivity index is 1.98. The van der Waals surface area contributed by atoms with Gasteiger partial charge in [-0.2, -0.15) is 0 Å². The maximum absolute atomic E-state index is 11.6. The van der Waals surface area contributed by atoms with Crippen LogP contribution in [0.1, 0.15) is 17.8 Å². The van der Waals surface area contributed by atoms with E-state index in [1.165, 1.54) is 4.90 Å². The Morgan fingerprint density at radius 2 is 2.17 bits per heavy atom. The zero-order valence-corrected chi connectivity index (χ0v) is 14.0. The molecule has 128 valence electrons. The van der Waals surface area contributed by atoms with E-state index in [4.69, 9.17) is 4.74 Å². The number of imidazole rings is 1. The SMILES string of the molecule is CNC(=O)CN1CCCn2cnc(COCC(=O)N(C)C)c2C1. The van der Waals surface area contributed by atoms with Crippen LogP contribution in [0.15, 0.2) is 6.33 Å². The lowest BCUT2D eigenvalue weighted by Gasteiger charge is -2.19. The van der Waals surface area contributed by atoms with Gasteiger partial charge >= 0.3 is 0 Å². The number of nitrogens with one attached hydrogen (secondary N) is 1. The molecule has 1 aliphatic heterocycles. The van der Waals surface area contributed by atoms with Gasteiger partial charge in [-0.15, -0.1) is 0 Å². The highest BCUT2D eigenvalue weighted by Crippen LogP contribution is 2.16. The van der Waals surface area contributed by atoms with Crippen LogP contribution >= 0.6 is 0 Å². The second-order valence-corrected chi connectivity index (χ2v) is 5.85. The molecular formula is C15H25N5O3. The van der Waals surface area contributed by atoms with Crippen LogP contribution in [-0.2, 0) is 34.0 Å². The van der Waals surface area contributed by atoms with Crippen molar-refractivity contribution in [2.24, 2.45) is 0 Å². The van der Waals surface area contributed by atoms with Gasteiger partial charge in [-0.25, -0.2) is 4.98 Å². The molecule has 1 aromatic heterocycles. The van der Waals surface area contributed by atoms with Gasteiger partial charge in [0.15, 0.2) is 0 Å². The average Bonchev–Trinajstić information content (AvgIpc) is 2.77. The molecule has 8 nitrogen and oxygen atoms in total. The average molecular weight is 323 g/mol. The van der Waals surface area contributed by atoms with Crippen LogP contribution in [-0.4, -0.2) is 72.0 Å². The molecule has 0 aliphatic carbocycles. The normalized spacial score (nSPS) is 14.9. The van der Waals surface area contributed by atoms with E-state index in [1.807, 2.05) is 6.33 Å². The fraction of sp³-hybridized carbons (Fsp3) is 0.667. The van der Waals surface area contributed by atoms with Gasteiger partial charge in [0.2, 0.25) is 11.8 Å². The molecule has 1 N–H and O–H groups in total. The predicted molar refractivity (Wildman–Crippen MR) is 84.5 cm³/mol. The Kier molecular flexibility index (Phi) is 6.12. The van der Waals surface area contributed by atoms with Crippen molar-refractivity contribution in [1.82, 2.24) is 24.7 Å². The van der Waals surface area contributed by atoms with Crippen molar-refractivity contribution in [2.75, 3.05) is 40.8 Å². The van der Waals surface area contributed by atoms with Gasteiger partial charge in [0.25, 0.3) is 0 Å². The molecule has 0 saturated carbocycles. The van der Waals surface area contributed by atoms with E-state index >= 15 is 0 Å². The Bertz CT molecular complexity index is 555. The topological polar surface area (TPSA) is 79.7 Å². The number of likely N-dealkylation sites (N-methyl/N-ethyl adjacent to an activating group) is 2. The summed E-state index contributed by atoms with van der Waals surface area (Å²) < 4.78 is 7.59. The van der Waals surface area contributed by atoms with Crippen LogP contribution in [0.25, 0.3) is 0 Å². The minimum atomic E-state index is -0.0726. The van der Waals surface area contributed by atoms with Gasteiger partial charge in [-0.3, -0.25) is 14.5 Å². The fourth-order valence-electron chi connectivity index (χ4n) is 2.48. The van der Waals surface area contributed by atoms with Crippen molar-refractivity contribution in [3.8, 4) is 0 Å². The predicted octanol–water partition coefficient (Wildman–Crippen LogP) is -0.560. The highest BCUT2D eigenvalue weighted by atomic mass is 16.5. The van der Waals surface area contributed by atoms with Crippen molar-refractivity contribution < 1.29 is 14.3 Å². The number of carbonyl (C=O) groups is 2. The molecule has 2 rings (SSSR count). The smallest absolute Gasteiger partial charge is 0.248 e. The third-order valence-electron chi connectivity index (χ3n) is 3.89. The first-order chi connectivity index (χ1) is 11.0. The monoisotopic (exact) mass is 323 g/mol. The highest BCUT2D eigenvalue weighted by molar-refractivity contribution is 5.77. The summed E-state index contributed by atoms with van der Waals surface area (Å²) >= 11 is 0. The summed E-state index contributed by atoms with van der Waals surface area (Å²) in [7, 11) is 5.04. The van der Waals surface area contributed by atoms with E-state index < -0.39 is 0 Å². The molecule has 0 atom stereocenters. The lowest BCUT2D eigenvalue weighted by atomic mass is 10.3. The van der Waals surface area contributed by atoms with E-state index in [-0.39, 0.29) is 18.4 Å². The number of rotatable bonds is 6. The van der Waals surface area contributed by atoms with Crippen LogP contribution in [0.4, 0.5) is 0 Å². The molecule has 2 amide bonds. The molecule has 0 spiro atoms. The van der Waals surface area contributed by atoms with Crippen molar-refractivity contribution in [3.63, 3.8) is 0 Å². The zero-order valence-electron chi connectivity index (χ0n) is 14.0. The van der Waals surface area contributed by atoms with Gasteiger partial charge in [-0.1, -0.05) is 0 Å². The molecule has 1 aromatic rings. The quantitative estimate of drug-likeness (QED) is 0.759. The van der Waals surface area contributed by atoms with Gasteiger partial charge in [0.05, 0.1) is 30.9 Å². The molecule has 8 heteroatoms. The van der Waals surface area contributed by atoms with E-state index in [0.29, 0.717) is 19.7 Å². The maximum atomic E-state index is 11.6. The van der Waals surface area contributed by atoms with Crippen LogP contribution in [0.3, 0.4) is 0 Å². The van der Waals surface area contributed by atoms with Crippen molar-refractivity contribution in [3.05, 3.63) is 17.7 Å². The summed E-state index contributed by atoms with van der Waals surface area (Å²) in [4.78, 5) is 31.1. The molecule has 2 heterocycles. The number of aryl methyl sites for hydroxylation is 1. The van der Waals surface area contributed by atoms with Crippen LogP contribution < -0.4 is 5.32 Å². The minimum absolute atomic E-state index is 0.00680. The number of amides is 2. The third-order valence-corrected chi connectivity index (χ3v) is 3.89. The molecule has 0 fully saturated rings. The van der Waals surface area contributed by atoms with Crippen LogP contribution in [0.2, 0.25) is 0 Å². The Labute approximate surface area is 136 Å². The number of hydrogen-bond donors (Lipinski definition) is 1. The molecule has 1 aliphatic rings. The summed E-state index contributed by atoms with van der Waals surface area (Å²) in [6, 6.07) is 0. The summed E-state index contributed by atoms with van der Waals surface area (Å²) in [5.74, 6) is -0.0658. The molecule has 23 heavy (non-hydrogen) atoms. The first-order valence-corrected chi connectivity index (χ1v) is 7.75. The molecule has 0 saturated heterocycles. The Morgan fingerprint density at radius 3 is 2.87 bits per heavy atom. The summed E-state index contributed by atoms with van der Waals surface area (Å²) in [5, 5.41) is 2.65. The highest BCUT2D eigenvalue weighted by Gasteiger charge is 2.20. The van der Waals surface area contributed by atoms with E-state index in [2.05, 4.69) is 19.8 Å². The first kappa shape index (κ1) is 17.4. The summed E-state index contributed by atoms with van der Waals surface area (Å²) in [5.41, 5.74) is 1.89. The molecule has 0 bridgehead atoms. The number of aromatic nitrogens is 2. The number of fused-ring (bicyclic) bond motifs is 1. The summed E-state index contributed by atoms with van der Waals surface area (Å²) in [6.07, 6.45) is 2.78. The van der Waals surface area contributed by atoms with E-state index in [1.54, 1.807) is 21.1 Å². The second kappa shape index (κ2) is 8.07. The molecule has 0 aromatic carbocycles. The van der Waals surface area contributed by atoms with Crippen LogP contribution in [0.5, 0.6) is 0 Å². The van der Waals surface area contributed by atoms with Crippen molar-refractivity contribution in [2.45, 2.75) is 26.1 Å². The van der Waals surface area contributed by atoms with E-state index in [9.17, 15) is 9.59 Å². The summed E-state index contributed by atoms with van der Waals surface area (Å²) in [6.45, 7) is 3.13. The van der Waals surface area contributed by atoms with E-state index in [0.717, 1.165) is 30.9 Å². The number of carbonyl (C=O) groups excluding carboxylic acids is 2. The Morgan fingerprint density at radius 1 is 1.39 bits per heavy atom. The minimum Gasteiger partial charge on any atom is -0.365 e. The van der Waals surface area contributed by atoms with Crippen molar-refractivity contribution in [1.29, 1.82) is 0 Å². The lowest BCUT2D eigenvalue weighted by Crippen LogP contribution is -2.35. The standard InChI is InChI=1S/C15H25N5O3/c1-16-14(21)8-19-5-4-6-20-11-17-12(13(20)7-19)9-23-10-15(22)18(2)3/h11H,4-10H2,1-3H3,(H,16,21).